The van der Waals surface area contributed by atoms with Gasteiger partial charge in [0, 0.05) is 19.5 Å². The van der Waals surface area contributed by atoms with E-state index in [0.29, 0.717) is 44.7 Å². The fourth-order valence-corrected chi connectivity index (χ4v) is 5.69. The summed E-state index contributed by atoms with van der Waals surface area (Å²) in [4.78, 5) is 57.9. The molecule has 38 heavy (non-hydrogen) atoms. The first kappa shape index (κ1) is 27.6. The number of rotatable bonds is 7. The van der Waals surface area contributed by atoms with Crippen molar-refractivity contribution in [3.05, 3.63) is 35.9 Å². The van der Waals surface area contributed by atoms with E-state index in [1.807, 2.05) is 30.3 Å². The van der Waals surface area contributed by atoms with E-state index in [0.717, 1.165) is 18.4 Å². The number of likely N-dealkylation sites (tertiary alicyclic amines) is 2. The normalized spacial score (nSPS) is 22.8. The number of nitrogens with one attached hydrogen (secondary N) is 1. The molecule has 2 atom stereocenters. The van der Waals surface area contributed by atoms with Gasteiger partial charge in [-0.3, -0.25) is 19.3 Å². The first-order chi connectivity index (χ1) is 18.4. The maximum atomic E-state index is 13.1. The highest BCUT2D eigenvalue weighted by molar-refractivity contribution is 6.03. The van der Waals surface area contributed by atoms with Crippen molar-refractivity contribution >= 4 is 29.8 Å². The van der Waals surface area contributed by atoms with Crippen LogP contribution in [0.5, 0.6) is 0 Å². The molecule has 3 fully saturated rings. The van der Waals surface area contributed by atoms with Crippen LogP contribution in [0.25, 0.3) is 0 Å². The number of piperidine rings is 1. The number of nitrogens with two attached hydrogens (primary N) is 1. The zero-order valence-electron chi connectivity index (χ0n) is 22.0. The second-order valence-electron chi connectivity index (χ2n) is 10.5. The van der Waals surface area contributed by atoms with Crippen molar-refractivity contribution < 1.29 is 23.9 Å². The molecule has 0 radical (unpaired) electrons. The van der Waals surface area contributed by atoms with Crippen molar-refractivity contribution in [1.29, 1.82) is 0 Å². The molecule has 0 unspecified atom stereocenters. The van der Waals surface area contributed by atoms with Crippen molar-refractivity contribution in [2.75, 3.05) is 13.1 Å². The first-order valence-electron chi connectivity index (χ1n) is 13.9. The third kappa shape index (κ3) is 7.33. The Labute approximate surface area is 224 Å². The molecule has 206 valence electrons. The van der Waals surface area contributed by atoms with E-state index in [2.05, 4.69) is 10.3 Å². The zero-order valence-corrected chi connectivity index (χ0v) is 22.0. The summed E-state index contributed by atoms with van der Waals surface area (Å²) >= 11 is 0. The molecule has 2 aliphatic heterocycles. The zero-order chi connectivity index (χ0) is 26.9. The van der Waals surface area contributed by atoms with Crippen LogP contribution < -0.4 is 11.1 Å². The Balaban J connectivity index is 1.28. The summed E-state index contributed by atoms with van der Waals surface area (Å²) in [7, 11) is 0. The van der Waals surface area contributed by atoms with Gasteiger partial charge in [-0.2, -0.15) is 0 Å². The van der Waals surface area contributed by atoms with E-state index < -0.39 is 24.1 Å². The molecule has 10 heteroatoms. The summed E-state index contributed by atoms with van der Waals surface area (Å²) in [5, 5.41) is 2.83. The molecule has 1 aromatic rings. The first-order valence-corrected chi connectivity index (χ1v) is 13.9. The Kier molecular flexibility index (Phi) is 9.73. The van der Waals surface area contributed by atoms with Crippen molar-refractivity contribution in [3.63, 3.8) is 0 Å². The Morgan fingerprint density at radius 2 is 1.71 bits per heavy atom. The van der Waals surface area contributed by atoms with E-state index in [9.17, 15) is 19.2 Å². The van der Waals surface area contributed by atoms with Gasteiger partial charge in [0.25, 0.3) is 5.91 Å². The van der Waals surface area contributed by atoms with Crippen LogP contribution in [0, 0.1) is 5.92 Å². The van der Waals surface area contributed by atoms with Gasteiger partial charge in [0.15, 0.2) is 0 Å². The average molecular weight is 526 g/mol. The number of carbonyl (C=O) groups excluding carboxylic acids is 4. The average Bonchev–Trinajstić information content (AvgIpc) is 3.43. The third-order valence-corrected chi connectivity index (χ3v) is 7.81. The molecule has 2 heterocycles. The van der Waals surface area contributed by atoms with E-state index in [-0.39, 0.29) is 24.4 Å². The summed E-state index contributed by atoms with van der Waals surface area (Å²) in [6.45, 7) is 0.902. The van der Waals surface area contributed by atoms with Crippen molar-refractivity contribution in [2.45, 2.75) is 89.3 Å². The number of benzene rings is 1. The predicted octanol–water partition coefficient (Wildman–Crippen LogP) is 3.10. The summed E-state index contributed by atoms with van der Waals surface area (Å²) in [5.74, 6) is -0.361. The minimum absolute atomic E-state index is 0.0233. The van der Waals surface area contributed by atoms with Crippen LogP contribution in [-0.4, -0.2) is 64.7 Å². The van der Waals surface area contributed by atoms with Crippen LogP contribution >= 0.6 is 0 Å². The summed E-state index contributed by atoms with van der Waals surface area (Å²) in [5.41, 5.74) is 6.77. The second kappa shape index (κ2) is 13.4. The highest BCUT2D eigenvalue weighted by Crippen LogP contribution is 2.28. The van der Waals surface area contributed by atoms with Gasteiger partial charge in [0.05, 0.1) is 0 Å². The molecule has 0 aromatic heterocycles. The number of nitrogens with zero attached hydrogens (tertiary/aromatic N) is 3. The molecule has 3 N–H and O–H groups in total. The van der Waals surface area contributed by atoms with E-state index >= 15 is 0 Å². The van der Waals surface area contributed by atoms with Gasteiger partial charge in [0.2, 0.25) is 17.8 Å². The van der Waals surface area contributed by atoms with Gasteiger partial charge < -0.3 is 20.7 Å². The number of aliphatic imine (C=N–C) groups is 1. The van der Waals surface area contributed by atoms with E-state index in [4.69, 9.17) is 10.5 Å². The molecule has 4 amide bonds. The quantitative estimate of drug-likeness (QED) is 0.415. The predicted molar refractivity (Wildman–Crippen MR) is 142 cm³/mol. The third-order valence-electron chi connectivity index (χ3n) is 7.81. The highest BCUT2D eigenvalue weighted by Gasteiger charge is 2.38. The monoisotopic (exact) mass is 525 g/mol. The fourth-order valence-electron chi connectivity index (χ4n) is 5.69. The van der Waals surface area contributed by atoms with Crippen LogP contribution in [-0.2, 0) is 25.7 Å². The molecule has 3 aliphatic rings. The van der Waals surface area contributed by atoms with Crippen LogP contribution in [0.15, 0.2) is 35.3 Å². The van der Waals surface area contributed by atoms with Gasteiger partial charge in [-0.25, -0.2) is 4.79 Å². The summed E-state index contributed by atoms with van der Waals surface area (Å²) in [6.07, 6.45) is 8.99. The smallest absolute Gasteiger partial charge is 0.437 e. The van der Waals surface area contributed by atoms with Gasteiger partial charge in [-0.15, -0.1) is 4.99 Å². The Morgan fingerprint density at radius 3 is 2.47 bits per heavy atom. The van der Waals surface area contributed by atoms with E-state index in [1.54, 1.807) is 4.90 Å². The largest absolute Gasteiger partial charge is 0.443 e. The summed E-state index contributed by atoms with van der Waals surface area (Å²) in [6, 6.07) is 7.81. The lowest BCUT2D eigenvalue weighted by molar-refractivity contribution is -0.141. The minimum atomic E-state index is -0.890. The van der Waals surface area contributed by atoms with Gasteiger partial charge in [-0.1, -0.05) is 62.4 Å². The molecule has 10 nitrogen and oxygen atoms in total. The molecule has 2 saturated heterocycles. The van der Waals surface area contributed by atoms with Crippen LogP contribution in [0.3, 0.4) is 0 Å². The lowest BCUT2D eigenvalue weighted by atomic mass is 9.86. The molecule has 1 saturated carbocycles. The van der Waals surface area contributed by atoms with Crippen molar-refractivity contribution in [3.8, 4) is 0 Å². The Bertz CT molecular complexity index is 1020. The number of ether oxygens (including phenoxy) is 1. The van der Waals surface area contributed by atoms with Crippen molar-refractivity contribution in [2.24, 2.45) is 16.6 Å². The number of guanidine groups is 1. The highest BCUT2D eigenvalue weighted by atomic mass is 16.5. The summed E-state index contributed by atoms with van der Waals surface area (Å²) < 4.78 is 5.12. The SMILES string of the molecule is N/C(=N\C(=O)OCc1ccccc1)N1CCC[C@H](NC(=O)[C@@H]2CCCN2C(=O)CCC2CCCCC2)C1=O. The molecule has 1 aliphatic carbocycles. The Hall–Kier alpha value is -3.43. The standard InChI is InChI=1S/C28H39N5O5/c29-27(31-28(37)38-19-21-11-5-2-6-12-21)33-18-7-13-22(26(33)36)30-25(35)23-14-8-17-32(23)24(34)16-15-20-9-3-1-4-10-20/h2,5-6,11-12,20,22-23H,1,3-4,7-10,13-19H2,(H,30,35)(H2,29,31,37)/t22-,23-/m0/s1. The number of carbonyl (C=O) groups is 4. The minimum Gasteiger partial charge on any atom is -0.443 e. The lowest BCUT2D eigenvalue weighted by Crippen LogP contribution is -2.58. The maximum absolute atomic E-state index is 13.1. The second-order valence-corrected chi connectivity index (χ2v) is 10.5. The molecule has 0 spiro atoms. The van der Waals surface area contributed by atoms with Crippen LogP contribution in [0.1, 0.15) is 76.2 Å². The van der Waals surface area contributed by atoms with E-state index in [1.165, 1.54) is 37.0 Å². The topological polar surface area (TPSA) is 134 Å². The number of amides is 4. The molecule has 1 aromatic carbocycles. The lowest BCUT2D eigenvalue weighted by Gasteiger charge is -2.33. The van der Waals surface area contributed by atoms with Gasteiger partial charge in [-0.05, 0) is 43.6 Å². The Morgan fingerprint density at radius 1 is 0.974 bits per heavy atom. The number of hydrogen-bond donors (Lipinski definition) is 2. The maximum Gasteiger partial charge on any atom is 0.437 e. The molecular formula is C28H39N5O5. The molecule has 4 rings (SSSR count). The van der Waals surface area contributed by atoms with Crippen molar-refractivity contribution in [1.82, 2.24) is 15.1 Å². The molecular weight excluding hydrogens is 486 g/mol. The van der Waals surface area contributed by atoms with Gasteiger partial charge in [0.1, 0.15) is 18.7 Å². The van der Waals surface area contributed by atoms with Crippen LogP contribution in [0.2, 0.25) is 0 Å². The van der Waals surface area contributed by atoms with Gasteiger partial charge >= 0.3 is 6.09 Å². The fraction of sp³-hybridized carbons (Fsp3) is 0.607. The number of hydrogen-bond acceptors (Lipinski definition) is 5. The van der Waals surface area contributed by atoms with Crippen LogP contribution in [0.4, 0.5) is 4.79 Å². The molecule has 0 bridgehead atoms.